The first-order valence-electron chi connectivity index (χ1n) is 5.77. The van der Waals surface area contributed by atoms with Gasteiger partial charge in [-0.15, -0.1) is 0 Å². The average Bonchev–Trinajstić information content (AvgIpc) is 2.87. The van der Waals surface area contributed by atoms with Gasteiger partial charge in [0.15, 0.2) is 0 Å². The van der Waals surface area contributed by atoms with Crippen LogP contribution in [0, 0.1) is 0 Å². The Bertz CT molecular complexity index is 379. The van der Waals surface area contributed by atoms with Crippen molar-refractivity contribution < 1.29 is 15.0 Å². The van der Waals surface area contributed by atoms with E-state index >= 15 is 0 Å². The van der Waals surface area contributed by atoms with E-state index in [1.807, 2.05) is 6.92 Å². The fourth-order valence-corrected chi connectivity index (χ4v) is 2.38. The second kappa shape index (κ2) is 4.85. The zero-order valence-electron chi connectivity index (χ0n) is 9.73. The maximum absolute atomic E-state index is 11.1. The van der Waals surface area contributed by atoms with Crippen molar-refractivity contribution in [3.8, 4) is 0 Å². The van der Waals surface area contributed by atoms with Gasteiger partial charge in [0, 0.05) is 25.5 Å². The number of carboxylic acid groups (broad SMARTS) is 1. The van der Waals surface area contributed by atoms with Gasteiger partial charge in [-0.3, -0.25) is 14.4 Å². The Kier molecular flexibility index (Phi) is 3.44. The van der Waals surface area contributed by atoms with E-state index in [9.17, 15) is 9.90 Å². The SMILES string of the molecule is CC[C@H](C(=O)O)N1C[C@H](O)[C@@H](n2cccn2)C1. The molecule has 94 valence electrons. The molecule has 0 bridgehead atoms. The molecule has 1 aliphatic heterocycles. The monoisotopic (exact) mass is 239 g/mol. The van der Waals surface area contributed by atoms with Gasteiger partial charge < -0.3 is 10.2 Å². The Labute approximate surface area is 99.5 Å². The number of rotatable bonds is 4. The number of hydrogen-bond acceptors (Lipinski definition) is 4. The first-order chi connectivity index (χ1) is 8.13. The molecule has 3 atom stereocenters. The highest BCUT2D eigenvalue weighted by molar-refractivity contribution is 5.73. The molecule has 0 aromatic carbocycles. The molecule has 6 nitrogen and oxygen atoms in total. The molecule has 0 saturated carbocycles. The molecule has 2 heterocycles. The normalized spacial score (nSPS) is 27.2. The van der Waals surface area contributed by atoms with Gasteiger partial charge in [-0.25, -0.2) is 0 Å². The van der Waals surface area contributed by atoms with Crippen molar-refractivity contribution >= 4 is 5.97 Å². The largest absolute Gasteiger partial charge is 0.480 e. The predicted octanol–water partition coefficient (Wildman–Crippen LogP) is -0.0361. The van der Waals surface area contributed by atoms with Crippen LogP contribution < -0.4 is 0 Å². The third-order valence-electron chi connectivity index (χ3n) is 3.26. The van der Waals surface area contributed by atoms with E-state index in [1.54, 1.807) is 28.0 Å². The van der Waals surface area contributed by atoms with Crippen LogP contribution in [0.3, 0.4) is 0 Å². The second-order valence-electron chi connectivity index (χ2n) is 4.34. The topological polar surface area (TPSA) is 78.6 Å². The molecule has 1 fully saturated rings. The summed E-state index contributed by atoms with van der Waals surface area (Å²) in [5.74, 6) is -0.833. The molecule has 0 unspecified atom stereocenters. The van der Waals surface area contributed by atoms with E-state index in [0.717, 1.165) is 0 Å². The average molecular weight is 239 g/mol. The third kappa shape index (κ3) is 2.32. The van der Waals surface area contributed by atoms with Crippen LogP contribution in [0.4, 0.5) is 0 Å². The first-order valence-corrected chi connectivity index (χ1v) is 5.77. The van der Waals surface area contributed by atoms with Crippen LogP contribution >= 0.6 is 0 Å². The summed E-state index contributed by atoms with van der Waals surface area (Å²) in [6.45, 7) is 2.75. The van der Waals surface area contributed by atoms with Gasteiger partial charge >= 0.3 is 5.97 Å². The summed E-state index contributed by atoms with van der Waals surface area (Å²) < 4.78 is 1.69. The van der Waals surface area contributed by atoms with Crippen LogP contribution in [-0.2, 0) is 4.79 Å². The van der Waals surface area contributed by atoms with Gasteiger partial charge in [0.25, 0.3) is 0 Å². The van der Waals surface area contributed by atoms with Crippen LogP contribution in [0.15, 0.2) is 18.5 Å². The number of carbonyl (C=O) groups is 1. The number of β-amino-alcohol motifs (C(OH)–C–C–N with tert-alkyl or cyclic N) is 1. The van der Waals surface area contributed by atoms with E-state index < -0.39 is 18.1 Å². The van der Waals surface area contributed by atoms with Crippen LogP contribution in [0.5, 0.6) is 0 Å². The zero-order chi connectivity index (χ0) is 12.4. The van der Waals surface area contributed by atoms with Gasteiger partial charge in [0.2, 0.25) is 0 Å². The maximum atomic E-state index is 11.1. The Morgan fingerprint density at radius 3 is 2.88 bits per heavy atom. The molecule has 0 aliphatic carbocycles. The smallest absolute Gasteiger partial charge is 0.320 e. The molecular formula is C11H17N3O3. The predicted molar refractivity (Wildman–Crippen MR) is 60.6 cm³/mol. The number of aliphatic carboxylic acids is 1. The van der Waals surface area contributed by atoms with Gasteiger partial charge in [-0.1, -0.05) is 6.92 Å². The summed E-state index contributed by atoms with van der Waals surface area (Å²) in [6.07, 6.45) is 3.42. The van der Waals surface area contributed by atoms with Crippen molar-refractivity contribution in [1.29, 1.82) is 0 Å². The zero-order valence-corrected chi connectivity index (χ0v) is 9.73. The van der Waals surface area contributed by atoms with Gasteiger partial charge in [-0.05, 0) is 12.5 Å². The van der Waals surface area contributed by atoms with E-state index in [1.165, 1.54) is 0 Å². The molecule has 1 saturated heterocycles. The first kappa shape index (κ1) is 12.1. The number of aromatic nitrogens is 2. The summed E-state index contributed by atoms with van der Waals surface area (Å²) >= 11 is 0. The number of aliphatic hydroxyl groups excluding tert-OH is 1. The molecule has 2 rings (SSSR count). The minimum atomic E-state index is -0.833. The fraction of sp³-hybridized carbons (Fsp3) is 0.636. The summed E-state index contributed by atoms with van der Waals surface area (Å²) in [5.41, 5.74) is 0. The highest BCUT2D eigenvalue weighted by Gasteiger charge is 2.38. The Morgan fingerprint density at radius 2 is 2.35 bits per heavy atom. The molecular weight excluding hydrogens is 222 g/mol. The molecule has 17 heavy (non-hydrogen) atoms. The van der Waals surface area contributed by atoms with Crippen LogP contribution in [0.25, 0.3) is 0 Å². The van der Waals surface area contributed by atoms with Crippen molar-refractivity contribution in [2.24, 2.45) is 0 Å². The quantitative estimate of drug-likeness (QED) is 0.771. The van der Waals surface area contributed by atoms with Crippen LogP contribution in [0.1, 0.15) is 19.4 Å². The highest BCUT2D eigenvalue weighted by atomic mass is 16.4. The minimum Gasteiger partial charge on any atom is -0.480 e. The fourth-order valence-electron chi connectivity index (χ4n) is 2.38. The van der Waals surface area contributed by atoms with Crippen molar-refractivity contribution in [2.75, 3.05) is 13.1 Å². The molecule has 2 N–H and O–H groups in total. The molecule has 0 radical (unpaired) electrons. The second-order valence-corrected chi connectivity index (χ2v) is 4.34. The lowest BCUT2D eigenvalue weighted by Crippen LogP contribution is -2.39. The molecule has 1 aromatic rings. The lowest BCUT2D eigenvalue weighted by atomic mass is 10.2. The molecule has 0 spiro atoms. The van der Waals surface area contributed by atoms with Crippen molar-refractivity contribution in [1.82, 2.24) is 14.7 Å². The van der Waals surface area contributed by atoms with E-state index in [4.69, 9.17) is 5.11 Å². The van der Waals surface area contributed by atoms with E-state index in [2.05, 4.69) is 5.10 Å². The van der Waals surface area contributed by atoms with Gasteiger partial charge in [0.05, 0.1) is 12.1 Å². The Morgan fingerprint density at radius 1 is 1.59 bits per heavy atom. The summed E-state index contributed by atoms with van der Waals surface area (Å²) in [4.78, 5) is 12.9. The van der Waals surface area contributed by atoms with Crippen molar-refractivity contribution in [2.45, 2.75) is 31.5 Å². The summed E-state index contributed by atoms with van der Waals surface area (Å²) in [6, 6.07) is 1.12. The lowest BCUT2D eigenvalue weighted by Gasteiger charge is -2.22. The summed E-state index contributed by atoms with van der Waals surface area (Å²) in [7, 11) is 0. The number of likely N-dealkylation sites (tertiary alicyclic amines) is 1. The Balaban J connectivity index is 2.09. The minimum absolute atomic E-state index is 0.154. The molecule has 0 amide bonds. The van der Waals surface area contributed by atoms with Gasteiger partial charge in [-0.2, -0.15) is 5.10 Å². The molecule has 1 aliphatic rings. The standard InChI is InChI=1S/C11H17N3O3/c1-2-8(11(16)17)13-6-9(10(15)7-13)14-5-3-4-12-14/h3-5,8-10,15H,2,6-7H2,1H3,(H,16,17)/t8-,9+,10+/m1/s1. The highest BCUT2D eigenvalue weighted by Crippen LogP contribution is 2.24. The number of hydrogen-bond donors (Lipinski definition) is 2. The molecule has 6 heteroatoms. The maximum Gasteiger partial charge on any atom is 0.320 e. The Hall–Kier alpha value is -1.40. The van der Waals surface area contributed by atoms with Crippen LogP contribution in [-0.4, -0.2) is 56.1 Å². The lowest BCUT2D eigenvalue weighted by molar-refractivity contribution is -0.143. The molecule has 1 aromatic heterocycles. The van der Waals surface area contributed by atoms with Crippen molar-refractivity contribution in [3.05, 3.63) is 18.5 Å². The van der Waals surface area contributed by atoms with Crippen molar-refractivity contribution in [3.63, 3.8) is 0 Å². The number of carboxylic acids is 1. The number of nitrogens with zero attached hydrogens (tertiary/aromatic N) is 3. The van der Waals surface area contributed by atoms with E-state index in [0.29, 0.717) is 19.5 Å². The third-order valence-corrected chi connectivity index (χ3v) is 3.26. The van der Waals surface area contributed by atoms with Crippen LogP contribution in [0.2, 0.25) is 0 Å². The summed E-state index contributed by atoms with van der Waals surface area (Å²) in [5, 5.41) is 23.1. The van der Waals surface area contributed by atoms with E-state index in [-0.39, 0.29) is 6.04 Å². The number of aliphatic hydroxyl groups is 1. The van der Waals surface area contributed by atoms with Gasteiger partial charge in [0.1, 0.15) is 6.04 Å².